The van der Waals surface area contributed by atoms with E-state index < -0.39 is 28.0 Å². The average molecular weight is 360 g/mol. The standard InChI is InChI=1S/C13H8BrF2NO4/c1-20-8-2-3-11(9(14)6-8)21-12-5-7(15)4-10(16)13(12)17(18)19/h2-6H,1H3. The maximum Gasteiger partial charge on any atom is 0.347 e. The first kappa shape index (κ1) is 15.2. The topological polar surface area (TPSA) is 61.6 Å². The van der Waals surface area contributed by atoms with E-state index in [-0.39, 0.29) is 5.75 Å². The smallest absolute Gasteiger partial charge is 0.347 e. The number of methoxy groups -OCH3 is 1. The minimum atomic E-state index is -1.31. The van der Waals surface area contributed by atoms with Gasteiger partial charge in [0, 0.05) is 12.1 Å². The van der Waals surface area contributed by atoms with Crippen LogP contribution in [0.4, 0.5) is 14.5 Å². The fraction of sp³-hybridized carbons (Fsp3) is 0.0769. The third kappa shape index (κ3) is 3.27. The molecule has 0 saturated heterocycles. The van der Waals surface area contributed by atoms with Gasteiger partial charge in [-0.1, -0.05) is 0 Å². The number of nitro groups is 1. The predicted octanol–water partition coefficient (Wildman–Crippen LogP) is 4.44. The van der Waals surface area contributed by atoms with E-state index >= 15 is 0 Å². The number of hydrogen-bond acceptors (Lipinski definition) is 4. The van der Waals surface area contributed by atoms with Gasteiger partial charge in [0.2, 0.25) is 11.6 Å². The Bertz CT molecular complexity index is 709. The molecule has 2 aromatic rings. The predicted molar refractivity (Wildman–Crippen MR) is 73.8 cm³/mol. The number of nitro benzene ring substituents is 1. The van der Waals surface area contributed by atoms with Crippen molar-refractivity contribution in [2.75, 3.05) is 7.11 Å². The molecule has 21 heavy (non-hydrogen) atoms. The van der Waals surface area contributed by atoms with Crippen LogP contribution in [0.1, 0.15) is 0 Å². The van der Waals surface area contributed by atoms with Crippen molar-refractivity contribution in [1.82, 2.24) is 0 Å². The number of halogens is 3. The lowest BCUT2D eigenvalue weighted by molar-refractivity contribution is -0.388. The first-order valence-electron chi connectivity index (χ1n) is 5.57. The molecule has 0 N–H and O–H groups in total. The average Bonchev–Trinajstić information content (AvgIpc) is 2.39. The zero-order chi connectivity index (χ0) is 15.6. The van der Waals surface area contributed by atoms with Crippen molar-refractivity contribution in [2.24, 2.45) is 0 Å². The van der Waals surface area contributed by atoms with E-state index in [9.17, 15) is 18.9 Å². The van der Waals surface area contributed by atoms with Gasteiger partial charge in [0.25, 0.3) is 0 Å². The maximum atomic E-state index is 13.5. The highest BCUT2D eigenvalue weighted by Crippen LogP contribution is 2.38. The van der Waals surface area contributed by atoms with Crippen LogP contribution in [-0.2, 0) is 0 Å². The van der Waals surface area contributed by atoms with Gasteiger partial charge in [-0.15, -0.1) is 0 Å². The Morgan fingerprint density at radius 3 is 2.48 bits per heavy atom. The quantitative estimate of drug-likeness (QED) is 0.598. The van der Waals surface area contributed by atoms with Crippen LogP contribution in [-0.4, -0.2) is 12.0 Å². The SMILES string of the molecule is COc1ccc(Oc2cc(F)cc(F)c2[N+](=O)[O-])c(Br)c1. The van der Waals surface area contributed by atoms with Crippen LogP contribution in [0.15, 0.2) is 34.8 Å². The Labute approximate surface area is 126 Å². The van der Waals surface area contributed by atoms with Crippen molar-refractivity contribution in [3.63, 3.8) is 0 Å². The first-order chi connectivity index (χ1) is 9.92. The molecule has 5 nitrogen and oxygen atoms in total. The summed E-state index contributed by atoms with van der Waals surface area (Å²) in [5.74, 6) is -2.13. The molecule has 0 atom stereocenters. The summed E-state index contributed by atoms with van der Waals surface area (Å²) in [5, 5.41) is 10.9. The van der Waals surface area contributed by atoms with Gasteiger partial charge in [0.05, 0.1) is 16.5 Å². The number of ether oxygens (including phenoxy) is 2. The molecule has 0 aliphatic rings. The number of nitrogens with zero attached hydrogens (tertiary/aromatic N) is 1. The summed E-state index contributed by atoms with van der Waals surface area (Å²) in [6.45, 7) is 0. The van der Waals surface area contributed by atoms with Crippen LogP contribution in [0.2, 0.25) is 0 Å². The van der Waals surface area contributed by atoms with Gasteiger partial charge in [-0.2, -0.15) is 4.39 Å². The molecule has 0 unspecified atom stereocenters. The van der Waals surface area contributed by atoms with Gasteiger partial charge in [-0.25, -0.2) is 4.39 Å². The second-order valence-corrected chi connectivity index (χ2v) is 4.74. The summed E-state index contributed by atoms with van der Waals surface area (Å²) in [6.07, 6.45) is 0. The maximum absolute atomic E-state index is 13.5. The minimum Gasteiger partial charge on any atom is -0.497 e. The number of hydrogen-bond donors (Lipinski definition) is 0. The summed E-state index contributed by atoms with van der Waals surface area (Å²) < 4.78 is 37.4. The molecule has 0 fully saturated rings. The van der Waals surface area contributed by atoms with Crippen LogP contribution < -0.4 is 9.47 Å². The third-order valence-electron chi connectivity index (χ3n) is 2.53. The summed E-state index contributed by atoms with van der Waals surface area (Å²) >= 11 is 3.18. The Hall–Kier alpha value is -2.22. The van der Waals surface area contributed by atoms with Gasteiger partial charge in [0.1, 0.15) is 17.3 Å². The molecule has 110 valence electrons. The largest absolute Gasteiger partial charge is 0.497 e. The van der Waals surface area contributed by atoms with Crippen molar-refractivity contribution in [2.45, 2.75) is 0 Å². The third-order valence-corrected chi connectivity index (χ3v) is 3.15. The molecular formula is C13H8BrF2NO4. The molecule has 2 aromatic carbocycles. The highest BCUT2D eigenvalue weighted by Gasteiger charge is 2.24. The fourth-order valence-corrected chi connectivity index (χ4v) is 2.05. The Morgan fingerprint density at radius 1 is 1.19 bits per heavy atom. The van der Waals surface area contributed by atoms with Crippen LogP contribution in [0, 0.1) is 21.7 Å². The minimum absolute atomic E-state index is 0.156. The Balaban J connectivity index is 2.46. The van der Waals surface area contributed by atoms with E-state index in [2.05, 4.69) is 15.9 Å². The molecule has 0 radical (unpaired) electrons. The van der Waals surface area contributed by atoms with Crippen molar-refractivity contribution in [3.8, 4) is 17.2 Å². The Kier molecular flexibility index (Phi) is 4.37. The molecule has 0 bridgehead atoms. The van der Waals surface area contributed by atoms with Gasteiger partial charge >= 0.3 is 5.69 Å². The van der Waals surface area contributed by atoms with Crippen molar-refractivity contribution in [3.05, 3.63) is 56.6 Å². The highest BCUT2D eigenvalue weighted by atomic mass is 79.9. The highest BCUT2D eigenvalue weighted by molar-refractivity contribution is 9.10. The summed E-state index contributed by atoms with van der Waals surface area (Å²) in [5.41, 5.74) is -0.931. The van der Waals surface area contributed by atoms with Crippen LogP contribution >= 0.6 is 15.9 Å². The van der Waals surface area contributed by atoms with E-state index in [0.717, 1.165) is 6.07 Å². The molecule has 0 saturated carbocycles. The van der Waals surface area contributed by atoms with Gasteiger partial charge in [-0.05, 0) is 34.1 Å². The van der Waals surface area contributed by atoms with Gasteiger partial charge in [0.15, 0.2) is 0 Å². The first-order valence-corrected chi connectivity index (χ1v) is 6.36. The lowest BCUT2D eigenvalue weighted by atomic mass is 10.2. The van der Waals surface area contributed by atoms with E-state index in [4.69, 9.17) is 9.47 Å². The second-order valence-electron chi connectivity index (χ2n) is 3.89. The second kappa shape index (κ2) is 6.04. The van der Waals surface area contributed by atoms with Crippen LogP contribution in [0.3, 0.4) is 0 Å². The summed E-state index contributed by atoms with van der Waals surface area (Å²) in [6, 6.07) is 5.72. The molecule has 0 amide bonds. The van der Waals surface area contributed by atoms with E-state index in [1.165, 1.54) is 13.2 Å². The summed E-state index contributed by atoms with van der Waals surface area (Å²) in [4.78, 5) is 9.89. The van der Waals surface area contributed by atoms with E-state index in [0.29, 0.717) is 16.3 Å². The molecule has 0 aliphatic carbocycles. The lowest BCUT2D eigenvalue weighted by Gasteiger charge is -2.10. The van der Waals surface area contributed by atoms with Crippen molar-refractivity contribution >= 4 is 21.6 Å². The van der Waals surface area contributed by atoms with Crippen LogP contribution in [0.25, 0.3) is 0 Å². The van der Waals surface area contributed by atoms with Crippen molar-refractivity contribution < 1.29 is 23.2 Å². The number of rotatable bonds is 4. The zero-order valence-corrected chi connectivity index (χ0v) is 12.2. The summed E-state index contributed by atoms with van der Waals surface area (Å²) in [7, 11) is 1.47. The van der Waals surface area contributed by atoms with E-state index in [1.807, 2.05) is 0 Å². The number of benzene rings is 2. The molecule has 0 heterocycles. The fourth-order valence-electron chi connectivity index (χ4n) is 1.61. The van der Waals surface area contributed by atoms with Gasteiger partial charge < -0.3 is 9.47 Å². The van der Waals surface area contributed by atoms with Crippen molar-refractivity contribution in [1.29, 1.82) is 0 Å². The molecule has 8 heteroatoms. The monoisotopic (exact) mass is 359 g/mol. The van der Waals surface area contributed by atoms with Gasteiger partial charge in [-0.3, -0.25) is 10.1 Å². The molecule has 0 spiro atoms. The van der Waals surface area contributed by atoms with Crippen LogP contribution in [0.5, 0.6) is 17.2 Å². The Morgan fingerprint density at radius 2 is 1.90 bits per heavy atom. The molecular weight excluding hydrogens is 352 g/mol. The van der Waals surface area contributed by atoms with E-state index in [1.54, 1.807) is 12.1 Å². The molecule has 0 aromatic heterocycles. The molecule has 2 rings (SSSR count). The lowest BCUT2D eigenvalue weighted by Crippen LogP contribution is -1.98. The molecule has 0 aliphatic heterocycles. The zero-order valence-electron chi connectivity index (χ0n) is 10.6. The normalized spacial score (nSPS) is 10.3.